The third-order valence-electron chi connectivity index (χ3n) is 3.72. The van der Waals surface area contributed by atoms with Crippen LogP contribution >= 0.6 is 0 Å². The molecule has 1 heterocycles. The minimum Gasteiger partial charge on any atom is -0.382 e. The van der Waals surface area contributed by atoms with Gasteiger partial charge in [-0.25, -0.2) is 0 Å². The van der Waals surface area contributed by atoms with Crippen molar-refractivity contribution in [1.82, 2.24) is 5.32 Å². The summed E-state index contributed by atoms with van der Waals surface area (Å²) in [6.07, 6.45) is 3.65. The standard InChI is InChI=1S/C14H16N2O2/c1-2-12(8-3-4-8)15-9-5-6-10-11(7-9)14(18)16-13(10)17/h5-8,12,15H,2-4H2,1H3,(H,16,17,18). The Hall–Kier alpha value is -1.84. The maximum atomic E-state index is 11.6. The second-order valence-electron chi connectivity index (χ2n) is 5.04. The molecule has 0 saturated heterocycles. The Bertz CT molecular complexity index is 521. The molecule has 1 aromatic carbocycles. The van der Waals surface area contributed by atoms with Crippen LogP contribution in [0.15, 0.2) is 18.2 Å². The number of hydrogen-bond donors (Lipinski definition) is 2. The van der Waals surface area contributed by atoms with Gasteiger partial charge in [-0.1, -0.05) is 6.92 Å². The lowest BCUT2D eigenvalue weighted by Crippen LogP contribution is -2.21. The molecular weight excluding hydrogens is 228 g/mol. The summed E-state index contributed by atoms with van der Waals surface area (Å²) in [6, 6.07) is 5.85. The molecule has 1 fully saturated rings. The molecule has 1 unspecified atom stereocenters. The van der Waals surface area contributed by atoms with Crippen LogP contribution in [-0.4, -0.2) is 17.9 Å². The van der Waals surface area contributed by atoms with Crippen molar-refractivity contribution in [2.45, 2.75) is 32.2 Å². The Labute approximate surface area is 106 Å². The number of carbonyl (C=O) groups is 2. The first-order chi connectivity index (χ1) is 8.69. The van der Waals surface area contributed by atoms with E-state index in [0.717, 1.165) is 18.0 Å². The Balaban J connectivity index is 1.84. The molecule has 2 aliphatic rings. The zero-order valence-electron chi connectivity index (χ0n) is 10.3. The van der Waals surface area contributed by atoms with Crippen LogP contribution in [0.25, 0.3) is 0 Å². The van der Waals surface area contributed by atoms with Gasteiger partial charge in [0.25, 0.3) is 11.8 Å². The first-order valence-electron chi connectivity index (χ1n) is 6.45. The highest BCUT2D eigenvalue weighted by Gasteiger charge is 2.31. The number of benzene rings is 1. The lowest BCUT2D eigenvalue weighted by Gasteiger charge is -2.17. The van der Waals surface area contributed by atoms with Gasteiger partial charge in [-0.3, -0.25) is 14.9 Å². The molecule has 0 aromatic heterocycles. The van der Waals surface area contributed by atoms with Gasteiger partial charge in [0.1, 0.15) is 0 Å². The minimum atomic E-state index is -0.296. The number of rotatable bonds is 4. The summed E-state index contributed by atoms with van der Waals surface area (Å²) >= 11 is 0. The van der Waals surface area contributed by atoms with E-state index in [1.807, 2.05) is 6.07 Å². The maximum Gasteiger partial charge on any atom is 0.259 e. The molecule has 0 bridgehead atoms. The zero-order valence-corrected chi connectivity index (χ0v) is 10.3. The van der Waals surface area contributed by atoms with Gasteiger partial charge in [0, 0.05) is 11.7 Å². The van der Waals surface area contributed by atoms with Crippen LogP contribution in [0, 0.1) is 5.92 Å². The van der Waals surface area contributed by atoms with E-state index in [1.54, 1.807) is 12.1 Å². The van der Waals surface area contributed by atoms with E-state index in [1.165, 1.54) is 12.8 Å². The third-order valence-corrected chi connectivity index (χ3v) is 3.72. The fraction of sp³-hybridized carbons (Fsp3) is 0.429. The van der Waals surface area contributed by atoms with E-state index in [2.05, 4.69) is 17.6 Å². The predicted molar refractivity (Wildman–Crippen MR) is 68.7 cm³/mol. The van der Waals surface area contributed by atoms with E-state index in [4.69, 9.17) is 0 Å². The summed E-state index contributed by atoms with van der Waals surface area (Å²) in [7, 11) is 0. The molecule has 1 saturated carbocycles. The van der Waals surface area contributed by atoms with Gasteiger partial charge in [-0.05, 0) is 43.4 Å². The van der Waals surface area contributed by atoms with Crippen molar-refractivity contribution in [3.63, 3.8) is 0 Å². The molecule has 1 aromatic rings. The minimum absolute atomic E-state index is 0.293. The molecule has 0 radical (unpaired) electrons. The molecule has 0 spiro atoms. The van der Waals surface area contributed by atoms with Crippen LogP contribution in [0.5, 0.6) is 0 Å². The molecule has 18 heavy (non-hydrogen) atoms. The van der Waals surface area contributed by atoms with Gasteiger partial charge in [-0.15, -0.1) is 0 Å². The van der Waals surface area contributed by atoms with E-state index >= 15 is 0 Å². The van der Waals surface area contributed by atoms with Crippen molar-refractivity contribution in [3.05, 3.63) is 29.3 Å². The first kappa shape index (κ1) is 11.3. The summed E-state index contributed by atoms with van der Waals surface area (Å²) in [5, 5.41) is 5.77. The average Bonchev–Trinajstić information content (AvgIpc) is 3.15. The average molecular weight is 244 g/mol. The molecule has 1 aliphatic carbocycles. The maximum absolute atomic E-state index is 11.6. The molecule has 2 amide bonds. The van der Waals surface area contributed by atoms with Crippen molar-refractivity contribution in [2.24, 2.45) is 5.92 Å². The van der Waals surface area contributed by atoms with Crippen LogP contribution < -0.4 is 10.6 Å². The number of nitrogens with one attached hydrogen (secondary N) is 2. The molecule has 94 valence electrons. The number of imide groups is 1. The van der Waals surface area contributed by atoms with Crippen molar-refractivity contribution in [2.75, 3.05) is 5.32 Å². The number of hydrogen-bond acceptors (Lipinski definition) is 3. The Morgan fingerprint density at radius 3 is 2.67 bits per heavy atom. The highest BCUT2D eigenvalue weighted by atomic mass is 16.2. The molecule has 4 heteroatoms. The van der Waals surface area contributed by atoms with E-state index in [9.17, 15) is 9.59 Å². The van der Waals surface area contributed by atoms with Gasteiger partial charge in [0.2, 0.25) is 0 Å². The number of carbonyl (C=O) groups excluding carboxylic acids is 2. The topological polar surface area (TPSA) is 58.2 Å². The smallest absolute Gasteiger partial charge is 0.259 e. The van der Waals surface area contributed by atoms with Gasteiger partial charge >= 0.3 is 0 Å². The summed E-state index contributed by atoms with van der Waals surface area (Å²) in [5.41, 5.74) is 1.89. The summed E-state index contributed by atoms with van der Waals surface area (Å²) in [4.78, 5) is 23.0. The highest BCUT2D eigenvalue weighted by molar-refractivity contribution is 6.21. The summed E-state index contributed by atoms with van der Waals surface area (Å²) in [6.45, 7) is 2.17. The Morgan fingerprint density at radius 2 is 2.00 bits per heavy atom. The summed E-state index contributed by atoms with van der Waals surface area (Å²) in [5.74, 6) is 0.174. The largest absolute Gasteiger partial charge is 0.382 e. The molecule has 4 nitrogen and oxygen atoms in total. The monoisotopic (exact) mass is 244 g/mol. The summed E-state index contributed by atoms with van der Waals surface area (Å²) < 4.78 is 0. The van der Waals surface area contributed by atoms with Crippen LogP contribution in [0.4, 0.5) is 5.69 Å². The Morgan fingerprint density at radius 1 is 1.28 bits per heavy atom. The number of anilines is 1. The second kappa shape index (κ2) is 4.12. The third kappa shape index (κ3) is 1.88. The van der Waals surface area contributed by atoms with Crippen LogP contribution in [0.1, 0.15) is 46.9 Å². The molecule has 1 atom stereocenters. The molecule has 2 N–H and O–H groups in total. The quantitative estimate of drug-likeness (QED) is 0.798. The van der Waals surface area contributed by atoms with Crippen molar-refractivity contribution < 1.29 is 9.59 Å². The zero-order chi connectivity index (χ0) is 12.7. The van der Waals surface area contributed by atoms with E-state index < -0.39 is 0 Å². The molecule has 3 rings (SSSR count). The Kier molecular flexibility index (Phi) is 2.58. The van der Waals surface area contributed by atoms with Crippen molar-refractivity contribution >= 4 is 17.5 Å². The highest BCUT2D eigenvalue weighted by Crippen LogP contribution is 2.35. The lowest BCUT2D eigenvalue weighted by atomic mass is 10.1. The van der Waals surface area contributed by atoms with Crippen LogP contribution in [-0.2, 0) is 0 Å². The van der Waals surface area contributed by atoms with E-state index in [0.29, 0.717) is 17.2 Å². The van der Waals surface area contributed by atoms with E-state index in [-0.39, 0.29) is 11.8 Å². The molecular formula is C14H16N2O2. The van der Waals surface area contributed by atoms with Crippen LogP contribution in [0.2, 0.25) is 0 Å². The van der Waals surface area contributed by atoms with Gasteiger partial charge in [-0.2, -0.15) is 0 Å². The fourth-order valence-corrected chi connectivity index (χ4v) is 2.52. The molecule has 1 aliphatic heterocycles. The van der Waals surface area contributed by atoms with Crippen LogP contribution in [0.3, 0.4) is 0 Å². The van der Waals surface area contributed by atoms with Crippen molar-refractivity contribution in [1.29, 1.82) is 0 Å². The fourth-order valence-electron chi connectivity index (χ4n) is 2.52. The number of fused-ring (bicyclic) bond motifs is 1. The van der Waals surface area contributed by atoms with Gasteiger partial charge in [0.05, 0.1) is 11.1 Å². The normalized spacial score (nSPS) is 19.4. The number of amides is 2. The van der Waals surface area contributed by atoms with Gasteiger partial charge in [0.15, 0.2) is 0 Å². The lowest BCUT2D eigenvalue weighted by molar-refractivity contribution is 0.0879. The first-order valence-corrected chi connectivity index (χ1v) is 6.45. The second-order valence-corrected chi connectivity index (χ2v) is 5.04. The van der Waals surface area contributed by atoms with Gasteiger partial charge < -0.3 is 5.32 Å². The van der Waals surface area contributed by atoms with Crippen molar-refractivity contribution in [3.8, 4) is 0 Å². The SMILES string of the molecule is CCC(Nc1ccc2c(c1)C(=O)NC2=O)C1CC1. The predicted octanol–water partition coefficient (Wildman–Crippen LogP) is 2.17.